The highest BCUT2D eigenvalue weighted by Gasteiger charge is 2.34. The summed E-state index contributed by atoms with van der Waals surface area (Å²) in [7, 11) is 0. The zero-order valence-electron chi connectivity index (χ0n) is 11.7. The Balaban J connectivity index is 2.45. The van der Waals surface area contributed by atoms with Gasteiger partial charge in [-0.05, 0) is 24.2 Å². The van der Waals surface area contributed by atoms with Gasteiger partial charge in [-0.15, -0.1) is 0 Å². The fraction of sp³-hybridized carbons (Fsp3) is 0.929. The van der Waals surface area contributed by atoms with E-state index in [1.165, 1.54) is 12.8 Å². The molecule has 3 nitrogen and oxygen atoms in total. The minimum Gasteiger partial charge on any atom is -0.481 e. The van der Waals surface area contributed by atoms with Gasteiger partial charge in [0.05, 0.1) is 6.42 Å². The fourth-order valence-corrected chi connectivity index (χ4v) is 2.74. The molecule has 1 N–H and O–H groups in total. The van der Waals surface area contributed by atoms with Crippen molar-refractivity contribution >= 4 is 5.97 Å². The van der Waals surface area contributed by atoms with Crippen LogP contribution in [0.2, 0.25) is 0 Å². The van der Waals surface area contributed by atoms with Crippen molar-refractivity contribution in [2.45, 2.75) is 59.4 Å². The highest BCUT2D eigenvalue weighted by Crippen LogP contribution is 2.31. The van der Waals surface area contributed by atoms with Gasteiger partial charge in [-0.25, -0.2) is 0 Å². The maximum atomic E-state index is 10.9. The van der Waals surface area contributed by atoms with Crippen molar-refractivity contribution in [3.63, 3.8) is 0 Å². The van der Waals surface area contributed by atoms with Crippen LogP contribution in [0, 0.1) is 11.3 Å². The number of carboxylic acids is 1. The van der Waals surface area contributed by atoms with Crippen molar-refractivity contribution in [2.24, 2.45) is 11.3 Å². The van der Waals surface area contributed by atoms with Gasteiger partial charge in [0.1, 0.15) is 0 Å². The third-order valence-electron chi connectivity index (χ3n) is 3.46. The zero-order valence-corrected chi connectivity index (χ0v) is 11.7. The van der Waals surface area contributed by atoms with Crippen molar-refractivity contribution in [1.82, 2.24) is 4.90 Å². The monoisotopic (exact) mass is 241 g/mol. The molecular formula is C14H27NO2. The third-order valence-corrected chi connectivity index (χ3v) is 3.46. The molecule has 0 aromatic heterocycles. The lowest BCUT2D eigenvalue weighted by molar-refractivity contribution is -0.139. The van der Waals surface area contributed by atoms with Crippen LogP contribution in [0.3, 0.4) is 0 Å². The van der Waals surface area contributed by atoms with Crippen LogP contribution in [-0.2, 0) is 4.79 Å². The second kappa shape index (κ2) is 5.85. The first-order valence-electron chi connectivity index (χ1n) is 6.77. The standard InChI is InChI=1S/C14H27NO2/c1-5-6-11-9-15(10-11)12(7-13(16)17)8-14(2,3)4/h11-12H,5-10H2,1-4H3,(H,16,17). The Kier molecular flexibility index (Phi) is 4.99. The van der Waals surface area contributed by atoms with Gasteiger partial charge < -0.3 is 5.11 Å². The van der Waals surface area contributed by atoms with Gasteiger partial charge in [0.2, 0.25) is 0 Å². The van der Waals surface area contributed by atoms with Crippen molar-refractivity contribution in [3.8, 4) is 0 Å². The summed E-state index contributed by atoms with van der Waals surface area (Å²) in [5.74, 6) is 0.134. The van der Waals surface area contributed by atoms with Crippen LogP contribution in [0.15, 0.2) is 0 Å². The minimum absolute atomic E-state index is 0.204. The Morgan fingerprint density at radius 3 is 2.41 bits per heavy atom. The molecule has 17 heavy (non-hydrogen) atoms. The minimum atomic E-state index is -0.668. The molecule has 100 valence electrons. The summed E-state index contributed by atoms with van der Waals surface area (Å²) in [6.45, 7) is 11.0. The van der Waals surface area contributed by atoms with Crippen LogP contribution in [0.25, 0.3) is 0 Å². The molecule has 1 saturated heterocycles. The molecule has 1 atom stereocenters. The Morgan fingerprint density at radius 1 is 1.41 bits per heavy atom. The predicted octanol–water partition coefficient (Wildman–Crippen LogP) is 3.00. The van der Waals surface area contributed by atoms with Gasteiger partial charge in [0, 0.05) is 19.1 Å². The van der Waals surface area contributed by atoms with Crippen molar-refractivity contribution in [3.05, 3.63) is 0 Å². The molecular weight excluding hydrogens is 214 g/mol. The average Bonchev–Trinajstić information content (AvgIpc) is 2.05. The number of nitrogens with zero attached hydrogens (tertiary/aromatic N) is 1. The van der Waals surface area contributed by atoms with Gasteiger partial charge in [0.25, 0.3) is 0 Å². The summed E-state index contributed by atoms with van der Waals surface area (Å²) in [6, 6.07) is 0.223. The van der Waals surface area contributed by atoms with Crippen molar-refractivity contribution in [2.75, 3.05) is 13.1 Å². The maximum absolute atomic E-state index is 10.9. The highest BCUT2D eigenvalue weighted by molar-refractivity contribution is 5.67. The summed E-state index contributed by atoms with van der Waals surface area (Å²) in [6.07, 6.45) is 3.78. The molecule has 0 amide bonds. The Bertz CT molecular complexity index is 251. The smallest absolute Gasteiger partial charge is 0.304 e. The molecule has 1 fully saturated rings. The normalized spacial score (nSPS) is 20.0. The molecule has 1 aliphatic rings. The van der Waals surface area contributed by atoms with E-state index in [9.17, 15) is 4.79 Å². The first-order chi connectivity index (χ1) is 7.81. The molecule has 0 aromatic rings. The first-order valence-corrected chi connectivity index (χ1v) is 6.77. The molecule has 1 heterocycles. The first kappa shape index (κ1) is 14.5. The topological polar surface area (TPSA) is 40.5 Å². The number of carbonyl (C=O) groups is 1. The van der Waals surface area contributed by atoms with Gasteiger partial charge in [-0.1, -0.05) is 34.1 Å². The van der Waals surface area contributed by atoms with E-state index < -0.39 is 5.97 Å². The van der Waals surface area contributed by atoms with E-state index in [0.29, 0.717) is 0 Å². The average molecular weight is 241 g/mol. The Morgan fingerprint density at radius 2 is 2.00 bits per heavy atom. The summed E-state index contributed by atoms with van der Waals surface area (Å²) >= 11 is 0. The molecule has 0 spiro atoms. The molecule has 0 aliphatic carbocycles. The molecule has 0 aromatic carbocycles. The Hall–Kier alpha value is -0.570. The van der Waals surface area contributed by atoms with Crippen LogP contribution < -0.4 is 0 Å². The van der Waals surface area contributed by atoms with Gasteiger partial charge in [-0.2, -0.15) is 0 Å². The van der Waals surface area contributed by atoms with Crippen molar-refractivity contribution < 1.29 is 9.90 Å². The number of likely N-dealkylation sites (tertiary alicyclic amines) is 1. The summed E-state index contributed by atoms with van der Waals surface area (Å²) in [5, 5.41) is 8.99. The van der Waals surface area contributed by atoms with Gasteiger partial charge in [0.15, 0.2) is 0 Å². The maximum Gasteiger partial charge on any atom is 0.304 e. The van der Waals surface area contributed by atoms with E-state index in [1.54, 1.807) is 0 Å². The number of aliphatic carboxylic acids is 1. The summed E-state index contributed by atoms with van der Waals surface area (Å²) < 4.78 is 0. The number of hydrogen-bond donors (Lipinski definition) is 1. The second-order valence-electron chi connectivity index (χ2n) is 6.63. The molecule has 1 unspecified atom stereocenters. The van der Waals surface area contributed by atoms with E-state index in [4.69, 9.17) is 5.11 Å². The van der Waals surface area contributed by atoms with Gasteiger partial charge in [-0.3, -0.25) is 9.69 Å². The molecule has 3 heteroatoms. The largest absolute Gasteiger partial charge is 0.481 e. The fourth-order valence-electron chi connectivity index (χ4n) is 2.74. The van der Waals surface area contributed by atoms with Gasteiger partial charge >= 0.3 is 5.97 Å². The lowest BCUT2D eigenvalue weighted by Crippen LogP contribution is -2.53. The van der Waals surface area contributed by atoms with Crippen molar-refractivity contribution in [1.29, 1.82) is 0 Å². The van der Waals surface area contributed by atoms with Crippen LogP contribution in [-0.4, -0.2) is 35.1 Å². The van der Waals surface area contributed by atoms with E-state index in [0.717, 1.165) is 25.4 Å². The SMILES string of the molecule is CCCC1CN(C(CC(=O)O)CC(C)(C)C)C1. The molecule has 1 rings (SSSR count). The zero-order chi connectivity index (χ0) is 13.1. The summed E-state index contributed by atoms with van der Waals surface area (Å²) in [4.78, 5) is 13.3. The second-order valence-corrected chi connectivity index (χ2v) is 6.63. The molecule has 0 radical (unpaired) electrons. The van der Waals surface area contributed by atoms with E-state index in [1.807, 2.05) is 0 Å². The lowest BCUT2D eigenvalue weighted by Gasteiger charge is -2.45. The Labute approximate surface area is 105 Å². The molecule has 0 saturated carbocycles. The van der Waals surface area contributed by atoms with Crippen LogP contribution in [0.4, 0.5) is 0 Å². The van der Waals surface area contributed by atoms with E-state index in [-0.39, 0.29) is 17.9 Å². The predicted molar refractivity (Wildman–Crippen MR) is 70.1 cm³/mol. The van der Waals surface area contributed by atoms with Crippen LogP contribution in [0.5, 0.6) is 0 Å². The van der Waals surface area contributed by atoms with E-state index in [2.05, 4.69) is 32.6 Å². The summed E-state index contributed by atoms with van der Waals surface area (Å²) in [5.41, 5.74) is 0.204. The molecule has 0 bridgehead atoms. The highest BCUT2D eigenvalue weighted by atomic mass is 16.4. The quantitative estimate of drug-likeness (QED) is 0.777. The number of carboxylic acid groups (broad SMARTS) is 1. The lowest BCUT2D eigenvalue weighted by atomic mass is 9.83. The molecule has 1 aliphatic heterocycles. The van der Waals surface area contributed by atoms with Crippen LogP contribution >= 0.6 is 0 Å². The number of hydrogen-bond acceptors (Lipinski definition) is 2. The van der Waals surface area contributed by atoms with E-state index >= 15 is 0 Å². The van der Waals surface area contributed by atoms with Crippen LogP contribution in [0.1, 0.15) is 53.4 Å². The number of rotatable bonds is 6. The third kappa shape index (κ3) is 5.07.